The van der Waals surface area contributed by atoms with Crippen molar-refractivity contribution < 1.29 is 9.53 Å². The quantitative estimate of drug-likeness (QED) is 0.435. The van der Waals surface area contributed by atoms with Crippen molar-refractivity contribution in [3.63, 3.8) is 0 Å². The minimum atomic E-state index is -0.132. The number of carbonyl (C=O) groups is 1. The van der Waals surface area contributed by atoms with Crippen molar-refractivity contribution in [3.8, 4) is 11.8 Å². The van der Waals surface area contributed by atoms with Crippen molar-refractivity contribution in [2.24, 2.45) is 17.3 Å². The van der Waals surface area contributed by atoms with E-state index in [4.69, 9.17) is 0 Å². The highest BCUT2D eigenvalue weighted by molar-refractivity contribution is 5.78. The van der Waals surface area contributed by atoms with Crippen LogP contribution in [0.2, 0.25) is 0 Å². The van der Waals surface area contributed by atoms with Crippen molar-refractivity contribution >= 4 is 5.97 Å². The summed E-state index contributed by atoms with van der Waals surface area (Å²) >= 11 is 0. The monoisotopic (exact) mass is 166 g/mol. The van der Waals surface area contributed by atoms with E-state index in [0.29, 0.717) is 0 Å². The summed E-state index contributed by atoms with van der Waals surface area (Å²) in [7, 11) is 1.42. The number of rotatable bonds is 1. The van der Waals surface area contributed by atoms with Gasteiger partial charge >= 0.3 is 5.97 Å². The van der Waals surface area contributed by atoms with Crippen LogP contribution < -0.4 is 0 Å². The first-order chi connectivity index (χ1) is 5.55. The van der Waals surface area contributed by atoms with Crippen LogP contribution in [0.1, 0.15) is 20.8 Å². The second-order valence-electron chi connectivity index (χ2n) is 3.69. The van der Waals surface area contributed by atoms with E-state index < -0.39 is 0 Å². The standard InChI is InChI=1S/C10H14O2/c1-5-6-7-8(9(11)12-4)10(7,2)3/h7-8H,1-4H3/t7?,8-/m0/s1. The van der Waals surface area contributed by atoms with Gasteiger partial charge in [0.2, 0.25) is 0 Å². The SMILES string of the molecule is CC#CC1[C@@H](C(=O)OC)C1(C)C. The molecule has 1 aliphatic rings. The van der Waals surface area contributed by atoms with Crippen LogP contribution in [0, 0.1) is 29.1 Å². The van der Waals surface area contributed by atoms with Crippen LogP contribution in [0.25, 0.3) is 0 Å². The Morgan fingerprint density at radius 1 is 1.50 bits per heavy atom. The highest BCUT2D eigenvalue weighted by atomic mass is 16.5. The van der Waals surface area contributed by atoms with Gasteiger partial charge in [-0.2, -0.15) is 0 Å². The van der Waals surface area contributed by atoms with Crippen molar-refractivity contribution in [2.75, 3.05) is 7.11 Å². The maximum atomic E-state index is 11.2. The molecular formula is C10H14O2. The summed E-state index contributed by atoms with van der Waals surface area (Å²) in [4.78, 5) is 11.2. The molecule has 0 bridgehead atoms. The third-order valence-electron chi connectivity index (χ3n) is 2.58. The summed E-state index contributed by atoms with van der Waals surface area (Å²) in [5, 5.41) is 0. The van der Waals surface area contributed by atoms with Crippen LogP contribution >= 0.6 is 0 Å². The number of esters is 1. The number of hydrogen-bond donors (Lipinski definition) is 0. The summed E-state index contributed by atoms with van der Waals surface area (Å²) in [5.74, 6) is 5.90. The number of hydrogen-bond acceptors (Lipinski definition) is 2. The molecule has 1 unspecified atom stereocenters. The Hall–Kier alpha value is -0.970. The predicted molar refractivity (Wildman–Crippen MR) is 46.2 cm³/mol. The maximum Gasteiger partial charge on any atom is 0.310 e. The molecule has 2 atom stereocenters. The lowest BCUT2D eigenvalue weighted by Crippen LogP contribution is -2.07. The maximum absolute atomic E-state index is 11.2. The molecule has 1 saturated carbocycles. The van der Waals surface area contributed by atoms with Crippen LogP contribution in [0.4, 0.5) is 0 Å². The van der Waals surface area contributed by atoms with Gasteiger partial charge in [-0.1, -0.05) is 19.8 Å². The molecular weight excluding hydrogens is 152 g/mol. The normalized spacial score (nSPS) is 30.0. The lowest BCUT2D eigenvalue weighted by atomic mass is 10.1. The third-order valence-corrected chi connectivity index (χ3v) is 2.58. The first kappa shape index (κ1) is 9.12. The lowest BCUT2D eigenvalue weighted by Gasteiger charge is -1.98. The van der Waals surface area contributed by atoms with Gasteiger partial charge in [-0.25, -0.2) is 0 Å². The number of carbonyl (C=O) groups excluding carboxylic acids is 1. The van der Waals surface area contributed by atoms with Gasteiger partial charge in [0.1, 0.15) is 0 Å². The first-order valence-corrected chi connectivity index (χ1v) is 4.05. The van der Waals surface area contributed by atoms with Crippen LogP contribution in [-0.4, -0.2) is 13.1 Å². The van der Waals surface area contributed by atoms with E-state index in [1.165, 1.54) is 7.11 Å². The molecule has 0 aromatic heterocycles. The Morgan fingerprint density at radius 2 is 2.08 bits per heavy atom. The highest BCUT2D eigenvalue weighted by Crippen LogP contribution is 2.58. The Bertz CT molecular complexity index is 255. The van der Waals surface area contributed by atoms with E-state index in [0.717, 1.165) is 0 Å². The van der Waals surface area contributed by atoms with E-state index in [2.05, 4.69) is 16.6 Å². The van der Waals surface area contributed by atoms with Gasteiger partial charge < -0.3 is 4.74 Å². The molecule has 0 aromatic carbocycles. The molecule has 0 aliphatic heterocycles. The summed E-state index contributed by atoms with van der Waals surface area (Å²) in [5.41, 5.74) is 0.0100. The topological polar surface area (TPSA) is 26.3 Å². The van der Waals surface area contributed by atoms with Crippen LogP contribution in [-0.2, 0) is 9.53 Å². The number of ether oxygens (including phenoxy) is 1. The molecule has 0 amide bonds. The van der Waals surface area contributed by atoms with E-state index in [9.17, 15) is 4.79 Å². The lowest BCUT2D eigenvalue weighted by molar-refractivity contribution is -0.143. The summed E-state index contributed by atoms with van der Waals surface area (Å²) in [6, 6.07) is 0. The smallest absolute Gasteiger partial charge is 0.310 e. The second kappa shape index (κ2) is 2.82. The molecule has 0 spiro atoms. The van der Waals surface area contributed by atoms with Gasteiger partial charge in [0.05, 0.1) is 13.0 Å². The van der Waals surface area contributed by atoms with Crippen LogP contribution in [0.3, 0.4) is 0 Å². The van der Waals surface area contributed by atoms with E-state index in [1.807, 2.05) is 13.8 Å². The fraction of sp³-hybridized carbons (Fsp3) is 0.700. The molecule has 0 aromatic rings. The zero-order valence-corrected chi connectivity index (χ0v) is 7.97. The molecule has 0 saturated heterocycles. The van der Waals surface area contributed by atoms with Crippen molar-refractivity contribution in [3.05, 3.63) is 0 Å². The molecule has 1 rings (SSSR count). The molecule has 0 radical (unpaired) electrons. The van der Waals surface area contributed by atoms with Crippen LogP contribution in [0.5, 0.6) is 0 Å². The Morgan fingerprint density at radius 3 is 2.50 bits per heavy atom. The largest absolute Gasteiger partial charge is 0.469 e. The predicted octanol–water partition coefficient (Wildman–Crippen LogP) is 1.45. The molecule has 2 nitrogen and oxygen atoms in total. The summed E-state index contributed by atoms with van der Waals surface area (Å²) in [6.07, 6.45) is 0. The highest BCUT2D eigenvalue weighted by Gasteiger charge is 2.62. The van der Waals surface area contributed by atoms with Crippen molar-refractivity contribution in [2.45, 2.75) is 20.8 Å². The van der Waals surface area contributed by atoms with E-state index in [1.54, 1.807) is 6.92 Å². The second-order valence-corrected chi connectivity index (χ2v) is 3.69. The van der Waals surface area contributed by atoms with Crippen LogP contribution in [0.15, 0.2) is 0 Å². The summed E-state index contributed by atoms with van der Waals surface area (Å²) < 4.78 is 4.68. The number of methoxy groups -OCH3 is 1. The zero-order chi connectivity index (χ0) is 9.35. The summed E-state index contributed by atoms with van der Waals surface area (Å²) in [6.45, 7) is 5.88. The Labute approximate surface area is 73.3 Å². The molecule has 1 aliphatic carbocycles. The molecule has 66 valence electrons. The fourth-order valence-corrected chi connectivity index (χ4v) is 1.63. The minimum absolute atomic E-state index is 0.0100. The first-order valence-electron chi connectivity index (χ1n) is 4.05. The molecule has 12 heavy (non-hydrogen) atoms. The van der Waals surface area contributed by atoms with E-state index >= 15 is 0 Å². The zero-order valence-electron chi connectivity index (χ0n) is 7.97. The molecule has 2 heteroatoms. The third kappa shape index (κ3) is 1.20. The average Bonchev–Trinajstić information content (AvgIpc) is 2.53. The molecule has 0 N–H and O–H groups in total. The molecule has 1 fully saturated rings. The molecule has 0 heterocycles. The van der Waals surface area contributed by atoms with Gasteiger partial charge in [-0.05, 0) is 12.3 Å². The average molecular weight is 166 g/mol. The van der Waals surface area contributed by atoms with E-state index in [-0.39, 0.29) is 23.2 Å². The Kier molecular flexibility index (Phi) is 2.14. The van der Waals surface area contributed by atoms with Crippen molar-refractivity contribution in [1.82, 2.24) is 0 Å². The minimum Gasteiger partial charge on any atom is -0.469 e. The van der Waals surface area contributed by atoms with Gasteiger partial charge in [-0.15, -0.1) is 5.92 Å². The van der Waals surface area contributed by atoms with Gasteiger partial charge in [0.15, 0.2) is 0 Å². The van der Waals surface area contributed by atoms with Gasteiger partial charge in [0, 0.05) is 5.92 Å². The van der Waals surface area contributed by atoms with Gasteiger partial charge in [0.25, 0.3) is 0 Å². The van der Waals surface area contributed by atoms with Crippen molar-refractivity contribution in [1.29, 1.82) is 0 Å². The Balaban J connectivity index is 2.70. The fourth-order valence-electron chi connectivity index (χ4n) is 1.63. The van der Waals surface area contributed by atoms with Gasteiger partial charge in [-0.3, -0.25) is 4.79 Å².